The molecule has 1 saturated carbocycles. The Kier molecular flexibility index (Phi) is 6.47. The number of amides is 2. The van der Waals surface area contributed by atoms with E-state index >= 15 is 0 Å². The molecule has 5 heteroatoms. The normalized spacial score (nSPS) is 19.6. The summed E-state index contributed by atoms with van der Waals surface area (Å²) in [6, 6.07) is 12.1. The lowest BCUT2D eigenvalue weighted by Gasteiger charge is -2.29. The molecule has 1 aliphatic carbocycles. The van der Waals surface area contributed by atoms with Gasteiger partial charge in [0.15, 0.2) is 0 Å². The van der Waals surface area contributed by atoms with Crippen LogP contribution in [0.3, 0.4) is 0 Å². The van der Waals surface area contributed by atoms with Gasteiger partial charge in [0.05, 0.1) is 7.11 Å². The molecule has 0 unspecified atom stereocenters. The van der Waals surface area contributed by atoms with Crippen molar-refractivity contribution >= 4 is 6.03 Å². The number of hydrogen-bond acceptors (Lipinski definition) is 3. The number of benzene rings is 1. The Morgan fingerprint density at radius 1 is 1.04 bits per heavy atom. The fourth-order valence-corrected chi connectivity index (χ4v) is 3.53. The van der Waals surface area contributed by atoms with Crippen LogP contribution in [-0.4, -0.2) is 24.2 Å². The SMILES string of the molecule is COc1ccc(CNC(=O)NC2CCC(Cc3ccncc3)CC2)cc1. The molecule has 2 N–H and O–H groups in total. The molecule has 2 amide bonds. The number of hydrogen-bond donors (Lipinski definition) is 2. The van der Waals surface area contributed by atoms with Gasteiger partial charge in [0.25, 0.3) is 0 Å². The predicted molar refractivity (Wildman–Crippen MR) is 102 cm³/mol. The maximum Gasteiger partial charge on any atom is 0.315 e. The minimum absolute atomic E-state index is 0.0848. The number of ether oxygens (including phenoxy) is 1. The summed E-state index contributed by atoms with van der Waals surface area (Å²) in [5.74, 6) is 1.53. The monoisotopic (exact) mass is 353 g/mol. The van der Waals surface area contributed by atoms with Crippen LogP contribution in [0.15, 0.2) is 48.8 Å². The van der Waals surface area contributed by atoms with E-state index in [0.29, 0.717) is 12.5 Å². The lowest BCUT2D eigenvalue weighted by atomic mass is 9.82. The fourth-order valence-electron chi connectivity index (χ4n) is 3.53. The first kappa shape index (κ1) is 18.2. The number of carbonyl (C=O) groups excluding carboxylic acids is 1. The average molecular weight is 353 g/mol. The van der Waals surface area contributed by atoms with E-state index in [1.807, 2.05) is 36.7 Å². The van der Waals surface area contributed by atoms with Crippen LogP contribution in [0, 0.1) is 5.92 Å². The van der Waals surface area contributed by atoms with Crippen molar-refractivity contribution in [3.8, 4) is 5.75 Å². The molecule has 3 rings (SSSR count). The van der Waals surface area contributed by atoms with Gasteiger partial charge in [0, 0.05) is 25.0 Å². The Morgan fingerprint density at radius 2 is 1.73 bits per heavy atom. The van der Waals surface area contributed by atoms with Crippen molar-refractivity contribution in [1.82, 2.24) is 15.6 Å². The molecule has 1 aromatic carbocycles. The zero-order valence-corrected chi connectivity index (χ0v) is 15.3. The van der Waals surface area contributed by atoms with Gasteiger partial charge in [-0.05, 0) is 73.4 Å². The Labute approximate surface area is 155 Å². The first-order valence-electron chi connectivity index (χ1n) is 9.29. The maximum atomic E-state index is 12.1. The van der Waals surface area contributed by atoms with Gasteiger partial charge in [0.1, 0.15) is 5.75 Å². The predicted octanol–water partition coefficient (Wildman–Crippen LogP) is 3.69. The second-order valence-electron chi connectivity index (χ2n) is 6.95. The molecule has 0 radical (unpaired) electrons. The molecular formula is C21H27N3O2. The number of methoxy groups -OCH3 is 1. The lowest BCUT2D eigenvalue weighted by Crippen LogP contribution is -2.43. The van der Waals surface area contributed by atoms with Crippen LogP contribution in [0.25, 0.3) is 0 Å². The van der Waals surface area contributed by atoms with Crippen molar-refractivity contribution in [2.24, 2.45) is 5.92 Å². The average Bonchev–Trinajstić information content (AvgIpc) is 2.69. The minimum atomic E-state index is -0.0848. The zero-order chi connectivity index (χ0) is 18.2. The minimum Gasteiger partial charge on any atom is -0.497 e. The third-order valence-corrected chi connectivity index (χ3v) is 5.07. The molecule has 1 aromatic heterocycles. The lowest BCUT2D eigenvalue weighted by molar-refractivity contribution is 0.226. The highest BCUT2D eigenvalue weighted by Crippen LogP contribution is 2.27. The molecule has 0 spiro atoms. The Bertz CT molecular complexity index is 680. The quantitative estimate of drug-likeness (QED) is 0.832. The number of nitrogens with one attached hydrogen (secondary N) is 2. The molecule has 138 valence electrons. The van der Waals surface area contributed by atoms with Gasteiger partial charge in [-0.1, -0.05) is 12.1 Å². The van der Waals surface area contributed by atoms with Crippen molar-refractivity contribution in [3.05, 3.63) is 59.9 Å². The highest BCUT2D eigenvalue weighted by atomic mass is 16.5. The van der Waals surface area contributed by atoms with Gasteiger partial charge < -0.3 is 15.4 Å². The molecule has 1 aliphatic rings. The smallest absolute Gasteiger partial charge is 0.315 e. The number of carbonyl (C=O) groups is 1. The summed E-state index contributed by atoms with van der Waals surface area (Å²) in [5, 5.41) is 6.05. The van der Waals surface area contributed by atoms with Crippen LogP contribution >= 0.6 is 0 Å². The topological polar surface area (TPSA) is 63.2 Å². The summed E-state index contributed by atoms with van der Waals surface area (Å²) in [6.45, 7) is 0.521. The van der Waals surface area contributed by atoms with E-state index in [1.165, 1.54) is 5.56 Å². The first-order valence-corrected chi connectivity index (χ1v) is 9.29. The van der Waals surface area contributed by atoms with Crippen LogP contribution in [0.4, 0.5) is 4.79 Å². The Balaban J connectivity index is 1.36. The van der Waals surface area contributed by atoms with E-state index in [9.17, 15) is 4.79 Å². The van der Waals surface area contributed by atoms with E-state index < -0.39 is 0 Å². The highest BCUT2D eigenvalue weighted by molar-refractivity contribution is 5.74. The Morgan fingerprint density at radius 3 is 2.38 bits per heavy atom. The number of nitrogens with zero attached hydrogens (tertiary/aromatic N) is 1. The third-order valence-electron chi connectivity index (χ3n) is 5.07. The van der Waals surface area contributed by atoms with Crippen molar-refractivity contribution in [1.29, 1.82) is 0 Å². The van der Waals surface area contributed by atoms with Crippen LogP contribution in [-0.2, 0) is 13.0 Å². The maximum absolute atomic E-state index is 12.1. The van der Waals surface area contributed by atoms with Crippen molar-refractivity contribution in [2.45, 2.75) is 44.7 Å². The number of rotatable bonds is 6. The van der Waals surface area contributed by atoms with E-state index in [0.717, 1.165) is 43.4 Å². The molecule has 0 saturated heterocycles. The van der Waals surface area contributed by atoms with Gasteiger partial charge in [0.2, 0.25) is 0 Å². The molecule has 0 bridgehead atoms. The molecule has 0 aliphatic heterocycles. The molecule has 0 atom stereocenters. The molecule has 2 aromatic rings. The Hall–Kier alpha value is -2.56. The largest absolute Gasteiger partial charge is 0.497 e. The summed E-state index contributed by atoms with van der Waals surface area (Å²) in [7, 11) is 1.65. The van der Waals surface area contributed by atoms with Gasteiger partial charge in [-0.15, -0.1) is 0 Å². The fraction of sp³-hybridized carbons (Fsp3) is 0.429. The van der Waals surface area contributed by atoms with E-state index in [-0.39, 0.29) is 12.1 Å². The van der Waals surface area contributed by atoms with Crippen molar-refractivity contribution in [2.75, 3.05) is 7.11 Å². The van der Waals surface area contributed by atoms with Crippen LogP contribution in [0.1, 0.15) is 36.8 Å². The third kappa shape index (κ3) is 5.48. The second kappa shape index (κ2) is 9.22. The van der Waals surface area contributed by atoms with Crippen molar-refractivity contribution < 1.29 is 9.53 Å². The summed E-state index contributed by atoms with van der Waals surface area (Å²) in [4.78, 5) is 16.2. The summed E-state index contributed by atoms with van der Waals surface area (Å²) in [5.41, 5.74) is 2.41. The molecule has 1 fully saturated rings. The van der Waals surface area contributed by atoms with Gasteiger partial charge in [-0.2, -0.15) is 0 Å². The second-order valence-corrected chi connectivity index (χ2v) is 6.95. The summed E-state index contributed by atoms with van der Waals surface area (Å²) < 4.78 is 5.14. The zero-order valence-electron chi connectivity index (χ0n) is 15.3. The molecule has 26 heavy (non-hydrogen) atoms. The molecular weight excluding hydrogens is 326 g/mol. The van der Waals surface area contributed by atoms with Gasteiger partial charge >= 0.3 is 6.03 Å². The standard InChI is InChI=1S/C21H27N3O2/c1-26-20-8-4-18(5-9-20)15-23-21(25)24-19-6-2-16(3-7-19)14-17-10-12-22-13-11-17/h4-5,8-13,16,19H,2-3,6-7,14-15H2,1H3,(H2,23,24,25). The number of urea groups is 1. The highest BCUT2D eigenvalue weighted by Gasteiger charge is 2.22. The van der Waals surface area contributed by atoms with Crippen LogP contribution in [0.2, 0.25) is 0 Å². The van der Waals surface area contributed by atoms with Crippen molar-refractivity contribution in [3.63, 3.8) is 0 Å². The van der Waals surface area contributed by atoms with Crippen LogP contribution < -0.4 is 15.4 Å². The summed E-state index contributed by atoms with van der Waals surface area (Å²) >= 11 is 0. The number of aromatic nitrogens is 1. The van der Waals surface area contributed by atoms with E-state index in [1.54, 1.807) is 7.11 Å². The van der Waals surface area contributed by atoms with E-state index in [2.05, 4.69) is 27.8 Å². The first-order chi connectivity index (χ1) is 12.7. The van der Waals surface area contributed by atoms with E-state index in [4.69, 9.17) is 4.74 Å². The summed E-state index contributed by atoms with van der Waals surface area (Å²) in [6.07, 6.45) is 9.24. The molecule has 1 heterocycles. The van der Waals surface area contributed by atoms with Crippen LogP contribution in [0.5, 0.6) is 5.75 Å². The molecule has 5 nitrogen and oxygen atoms in total. The van der Waals surface area contributed by atoms with Gasteiger partial charge in [-0.3, -0.25) is 4.98 Å². The van der Waals surface area contributed by atoms with Gasteiger partial charge in [-0.25, -0.2) is 4.79 Å². The number of pyridine rings is 1.